The molecule has 2 rings (SSSR count). The molecule has 0 unspecified atom stereocenters. The number of carbonyl (C=O) groups excluding carboxylic acids is 2. The zero-order valence-corrected chi connectivity index (χ0v) is 16.8. The van der Waals surface area contributed by atoms with Crippen LogP contribution in [-0.4, -0.2) is 22.9 Å². The molecule has 0 saturated carbocycles. The molecule has 0 aliphatic carbocycles. The predicted molar refractivity (Wildman–Crippen MR) is 115 cm³/mol. The second kappa shape index (κ2) is 10.4. The molecule has 0 radical (unpaired) electrons. The molecule has 0 bridgehead atoms. The highest BCUT2D eigenvalue weighted by molar-refractivity contribution is 7.83. The van der Waals surface area contributed by atoms with Crippen molar-refractivity contribution in [2.75, 3.05) is 5.32 Å². The normalized spacial score (nSPS) is 10.8. The number of hydrogen-bond donors (Lipinski definition) is 5. The van der Waals surface area contributed by atoms with Crippen LogP contribution < -0.4 is 16.0 Å². The molecule has 2 amide bonds. The highest BCUT2D eigenvalue weighted by Crippen LogP contribution is 2.23. The van der Waals surface area contributed by atoms with Gasteiger partial charge in [-0.05, 0) is 23.6 Å². The highest BCUT2D eigenvalue weighted by Gasteiger charge is 2.16. The predicted octanol–water partition coefficient (Wildman–Crippen LogP) is 4.00. The molecule has 7 nitrogen and oxygen atoms in total. The maximum Gasteiger partial charge on any atom is 0.324 e. The first kappa shape index (κ1) is 22.1. The Morgan fingerprint density at radius 2 is 1.79 bits per heavy atom. The Labute approximate surface area is 177 Å². The standard InChI is InChI=1S/C20H18ClN3O4S/c1-12(22-15(11-29)10-18(25)26)23-20(28)24-17-8-7-14(21)9-16(17)19(27)13-5-3-2-4-6-13/h2-9,11,22,29H,1,10H2,(H,25,26)(H2,23,24,28)/b15-11-. The minimum atomic E-state index is -1.07. The van der Waals surface area contributed by atoms with Gasteiger partial charge in [0.1, 0.15) is 5.82 Å². The lowest BCUT2D eigenvalue weighted by Crippen LogP contribution is -2.34. The number of thiol groups is 1. The van der Waals surface area contributed by atoms with E-state index in [1.807, 2.05) is 0 Å². The van der Waals surface area contributed by atoms with Crippen LogP contribution in [0.3, 0.4) is 0 Å². The number of ketones is 1. The van der Waals surface area contributed by atoms with Crippen molar-refractivity contribution in [1.29, 1.82) is 0 Å². The maximum absolute atomic E-state index is 12.8. The zero-order valence-electron chi connectivity index (χ0n) is 15.1. The van der Waals surface area contributed by atoms with Crippen LogP contribution in [0, 0.1) is 0 Å². The summed E-state index contributed by atoms with van der Waals surface area (Å²) in [6.45, 7) is 3.61. The minimum Gasteiger partial charge on any atom is -0.481 e. The SMILES string of the molecule is C=C(NC(=O)Nc1ccc(Cl)cc1C(=O)c1ccccc1)N/C(=C\S)CC(=O)O. The van der Waals surface area contributed by atoms with E-state index < -0.39 is 12.0 Å². The van der Waals surface area contributed by atoms with Crippen LogP contribution in [0.25, 0.3) is 0 Å². The quantitative estimate of drug-likeness (QED) is 0.321. The first-order valence-electron chi connectivity index (χ1n) is 8.28. The number of carboxylic acid groups (broad SMARTS) is 1. The molecule has 0 aliphatic rings. The van der Waals surface area contributed by atoms with E-state index in [4.69, 9.17) is 16.7 Å². The van der Waals surface area contributed by atoms with E-state index in [0.29, 0.717) is 10.6 Å². The lowest BCUT2D eigenvalue weighted by molar-refractivity contribution is -0.136. The number of urea groups is 1. The number of carbonyl (C=O) groups is 3. The van der Waals surface area contributed by atoms with Gasteiger partial charge in [-0.2, -0.15) is 0 Å². The summed E-state index contributed by atoms with van der Waals surface area (Å²) >= 11 is 9.93. The smallest absolute Gasteiger partial charge is 0.324 e. The Bertz CT molecular complexity index is 977. The summed E-state index contributed by atoms with van der Waals surface area (Å²) in [7, 11) is 0. The van der Waals surface area contributed by atoms with Crippen LogP contribution in [0.4, 0.5) is 10.5 Å². The molecular weight excluding hydrogens is 414 g/mol. The zero-order chi connectivity index (χ0) is 21.4. The monoisotopic (exact) mass is 431 g/mol. The highest BCUT2D eigenvalue weighted by atomic mass is 35.5. The third-order valence-electron chi connectivity index (χ3n) is 3.58. The molecule has 0 fully saturated rings. The number of rotatable bonds is 8. The van der Waals surface area contributed by atoms with Gasteiger partial charge in [0.2, 0.25) is 0 Å². The largest absolute Gasteiger partial charge is 0.481 e. The van der Waals surface area contributed by atoms with Gasteiger partial charge in [-0.15, -0.1) is 12.6 Å². The molecule has 0 saturated heterocycles. The van der Waals surface area contributed by atoms with E-state index in [1.54, 1.807) is 36.4 Å². The molecule has 2 aromatic carbocycles. The topological polar surface area (TPSA) is 108 Å². The molecule has 2 aromatic rings. The number of hydrogen-bond acceptors (Lipinski definition) is 5. The molecule has 0 aliphatic heterocycles. The van der Waals surface area contributed by atoms with Crippen LogP contribution in [0.1, 0.15) is 22.3 Å². The van der Waals surface area contributed by atoms with Crippen molar-refractivity contribution in [3.8, 4) is 0 Å². The average molecular weight is 432 g/mol. The number of aliphatic carboxylic acids is 1. The van der Waals surface area contributed by atoms with E-state index in [1.165, 1.54) is 17.5 Å². The van der Waals surface area contributed by atoms with E-state index >= 15 is 0 Å². The van der Waals surface area contributed by atoms with Crippen LogP contribution in [-0.2, 0) is 4.79 Å². The van der Waals surface area contributed by atoms with Crippen molar-refractivity contribution in [2.45, 2.75) is 6.42 Å². The maximum atomic E-state index is 12.8. The summed E-state index contributed by atoms with van der Waals surface area (Å²) in [4.78, 5) is 35.8. The van der Waals surface area contributed by atoms with Crippen LogP contribution in [0.15, 0.2) is 72.0 Å². The first-order chi connectivity index (χ1) is 13.8. The number of nitrogens with one attached hydrogen (secondary N) is 3. The van der Waals surface area contributed by atoms with Crippen LogP contribution in [0.2, 0.25) is 5.02 Å². The third-order valence-corrected chi connectivity index (χ3v) is 4.13. The van der Waals surface area contributed by atoms with Gasteiger partial charge >= 0.3 is 12.0 Å². The van der Waals surface area contributed by atoms with Gasteiger partial charge in [0.15, 0.2) is 5.78 Å². The summed E-state index contributed by atoms with van der Waals surface area (Å²) in [5, 5.41) is 18.0. The summed E-state index contributed by atoms with van der Waals surface area (Å²) in [5.41, 5.74) is 1.15. The van der Waals surface area contributed by atoms with E-state index in [2.05, 4.69) is 35.2 Å². The van der Waals surface area contributed by atoms with Crippen LogP contribution in [0.5, 0.6) is 0 Å². The second-order valence-corrected chi connectivity index (χ2v) is 6.49. The molecule has 150 valence electrons. The van der Waals surface area contributed by atoms with Gasteiger partial charge in [-0.3, -0.25) is 14.9 Å². The minimum absolute atomic E-state index is 0.0361. The molecule has 9 heteroatoms. The van der Waals surface area contributed by atoms with Gasteiger partial charge in [0.05, 0.1) is 12.1 Å². The Kier molecular flexibility index (Phi) is 7.88. The molecule has 4 N–H and O–H groups in total. The fourth-order valence-corrected chi connectivity index (χ4v) is 2.69. The summed E-state index contributed by atoms with van der Waals surface area (Å²) in [5.74, 6) is -1.34. The van der Waals surface area contributed by atoms with E-state index in [0.717, 1.165) is 0 Å². The second-order valence-electron chi connectivity index (χ2n) is 5.79. The molecular formula is C20H18ClN3O4S. The lowest BCUT2D eigenvalue weighted by atomic mass is 10.0. The van der Waals surface area contributed by atoms with Gasteiger partial charge < -0.3 is 15.7 Å². The number of benzene rings is 2. The summed E-state index contributed by atoms with van der Waals surface area (Å²) < 4.78 is 0. The van der Waals surface area contributed by atoms with Gasteiger partial charge in [-0.25, -0.2) is 4.79 Å². The van der Waals surface area contributed by atoms with Crippen molar-refractivity contribution in [3.63, 3.8) is 0 Å². The summed E-state index contributed by atoms with van der Waals surface area (Å²) in [6.07, 6.45) is -0.321. The molecule has 0 aromatic heterocycles. The summed E-state index contributed by atoms with van der Waals surface area (Å²) in [6, 6.07) is 12.4. The van der Waals surface area contributed by atoms with Crippen LogP contribution >= 0.6 is 24.2 Å². The Balaban J connectivity index is 2.11. The Hall–Kier alpha value is -3.23. The van der Waals surface area contributed by atoms with Crippen molar-refractivity contribution in [2.24, 2.45) is 0 Å². The number of halogens is 1. The Morgan fingerprint density at radius 1 is 1.10 bits per heavy atom. The number of carboxylic acids is 1. The average Bonchev–Trinajstić information content (AvgIpc) is 2.68. The van der Waals surface area contributed by atoms with Gasteiger partial charge in [0.25, 0.3) is 0 Å². The third kappa shape index (κ3) is 6.70. The van der Waals surface area contributed by atoms with Crippen molar-refractivity contribution >= 4 is 47.7 Å². The van der Waals surface area contributed by atoms with Gasteiger partial charge in [-0.1, -0.05) is 48.5 Å². The fourth-order valence-electron chi connectivity index (χ4n) is 2.36. The lowest BCUT2D eigenvalue weighted by Gasteiger charge is -2.15. The van der Waals surface area contributed by atoms with Gasteiger partial charge in [0, 0.05) is 21.8 Å². The molecule has 29 heavy (non-hydrogen) atoms. The molecule has 0 spiro atoms. The molecule has 0 heterocycles. The number of anilines is 1. The van der Waals surface area contributed by atoms with E-state index in [9.17, 15) is 14.4 Å². The fraction of sp³-hybridized carbons (Fsp3) is 0.0500. The van der Waals surface area contributed by atoms with Crippen molar-refractivity contribution in [3.05, 3.63) is 88.2 Å². The number of amides is 2. The first-order valence-corrected chi connectivity index (χ1v) is 9.18. The Morgan fingerprint density at radius 3 is 2.41 bits per heavy atom. The van der Waals surface area contributed by atoms with E-state index in [-0.39, 0.29) is 35.0 Å². The van der Waals surface area contributed by atoms with Crippen molar-refractivity contribution in [1.82, 2.24) is 10.6 Å². The molecule has 0 atom stereocenters. The van der Waals surface area contributed by atoms with Crippen molar-refractivity contribution < 1.29 is 19.5 Å².